The second-order valence-corrected chi connectivity index (χ2v) is 7.54. The molecule has 0 saturated carbocycles. The quantitative estimate of drug-likeness (QED) is 0.624. The Morgan fingerprint density at radius 1 is 1.15 bits per heavy atom. The molecule has 0 spiro atoms. The molecule has 0 N–H and O–H groups in total. The Balaban J connectivity index is 2.03. The molecule has 6 heteroatoms. The van der Waals surface area contributed by atoms with Gasteiger partial charge >= 0.3 is 7.12 Å². The van der Waals surface area contributed by atoms with Gasteiger partial charge in [-0.2, -0.15) is 0 Å². The Labute approximate surface area is 154 Å². The number of carbonyl (C=O) groups excluding carboxylic acids is 1. The summed E-state index contributed by atoms with van der Waals surface area (Å²) >= 11 is 0. The van der Waals surface area contributed by atoms with Crippen molar-refractivity contribution in [3.8, 4) is 17.0 Å². The Morgan fingerprint density at radius 3 is 2.38 bits per heavy atom. The molecule has 26 heavy (non-hydrogen) atoms. The van der Waals surface area contributed by atoms with Crippen molar-refractivity contribution >= 4 is 18.9 Å². The average Bonchev–Trinajstić information content (AvgIpc) is 2.82. The second-order valence-electron chi connectivity index (χ2n) is 7.54. The fraction of sp³-hybridized carbons (Fsp3) is 0.400. The Bertz CT molecular complexity index is 832. The second kappa shape index (κ2) is 6.52. The molecule has 136 valence electrons. The summed E-state index contributed by atoms with van der Waals surface area (Å²) in [5, 5.41) is 0. The van der Waals surface area contributed by atoms with E-state index in [1.54, 1.807) is 13.2 Å². The third kappa shape index (κ3) is 3.04. The number of methoxy groups -OCH3 is 1. The number of carbonyl (C=O) groups is 1. The topological polar surface area (TPSA) is 57.6 Å². The van der Waals surface area contributed by atoms with Crippen LogP contribution in [-0.2, 0) is 9.31 Å². The third-order valence-corrected chi connectivity index (χ3v) is 5.40. The van der Waals surface area contributed by atoms with Gasteiger partial charge in [-0.1, -0.05) is 18.2 Å². The zero-order chi connectivity index (χ0) is 19.1. The van der Waals surface area contributed by atoms with Gasteiger partial charge in [-0.15, -0.1) is 0 Å². The van der Waals surface area contributed by atoms with Crippen LogP contribution < -0.4 is 10.2 Å². The first-order chi connectivity index (χ1) is 12.2. The minimum Gasteiger partial charge on any atom is -0.496 e. The van der Waals surface area contributed by atoms with E-state index in [-0.39, 0.29) is 0 Å². The monoisotopic (exact) mass is 353 g/mol. The summed E-state index contributed by atoms with van der Waals surface area (Å²) in [6.07, 6.45) is 2.27. The van der Waals surface area contributed by atoms with Crippen LogP contribution in [0.4, 0.5) is 0 Å². The minimum atomic E-state index is -0.434. The van der Waals surface area contributed by atoms with Gasteiger partial charge in [0.25, 0.3) is 0 Å². The number of hydrogen-bond donors (Lipinski definition) is 0. The molecular weight excluding hydrogens is 329 g/mol. The maximum atomic E-state index is 11.1. The predicted octanol–water partition coefficient (Wildman–Crippen LogP) is 3.18. The van der Waals surface area contributed by atoms with E-state index >= 15 is 0 Å². The lowest BCUT2D eigenvalue weighted by molar-refractivity contribution is 0.00578. The molecule has 0 bridgehead atoms. The first-order valence-electron chi connectivity index (χ1n) is 8.65. The number of ether oxygens (including phenoxy) is 1. The average molecular weight is 353 g/mol. The molecule has 1 aromatic heterocycles. The minimum absolute atomic E-state index is 0.396. The molecule has 5 nitrogen and oxygen atoms in total. The van der Waals surface area contributed by atoms with Crippen LogP contribution in [0, 0.1) is 6.92 Å². The van der Waals surface area contributed by atoms with Gasteiger partial charge in [0.05, 0.1) is 29.6 Å². The molecule has 1 fully saturated rings. The molecule has 0 unspecified atom stereocenters. The maximum absolute atomic E-state index is 11.1. The largest absolute Gasteiger partial charge is 0.496 e. The van der Waals surface area contributed by atoms with Crippen LogP contribution >= 0.6 is 0 Å². The van der Waals surface area contributed by atoms with Gasteiger partial charge in [0, 0.05) is 17.8 Å². The highest BCUT2D eigenvalue weighted by molar-refractivity contribution is 6.62. The summed E-state index contributed by atoms with van der Waals surface area (Å²) in [5.74, 6) is 0.505. The number of nitrogens with zero attached hydrogens (tertiary/aromatic N) is 1. The number of hydrogen-bond acceptors (Lipinski definition) is 5. The van der Waals surface area contributed by atoms with E-state index in [0.29, 0.717) is 11.3 Å². The van der Waals surface area contributed by atoms with Crippen molar-refractivity contribution in [2.24, 2.45) is 0 Å². The van der Waals surface area contributed by atoms with Crippen molar-refractivity contribution in [2.75, 3.05) is 7.11 Å². The smallest absolute Gasteiger partial charge is 0.495 e. The lowest BCUT2D eigenvalue weighted by Crippen LogP contribution is -2.41. The van der Waals surface area contributed by atoms with Crippen molar-refractivity contribution in [1.82, 2.24) is 4.98 Å². The lowest BCUT2D eigenvalue weighted by atomic mass is 9.74. The van der Waals surface area contributed by atoms with Gasteiger partial charge in [-0.3, -0.25) is 9.78 Å². The van der Waals surface area contributed by atoms with E-state index in [1.165, 1.54) is 6.20 Å². The predicted molar refractivity (Wildman–Crippen MR) is 102 cm³/mol. The van der Waals surface area contributed by atoms with Crippen LogP contribution in [-0.4, -0.2) is 36.7 Å². The van der Waals surface area contributed by atoms with Gasteiger partial charge < -0.3 is 14.0 Å². The molecular formula is C20H24BNO4. The molecule has 0 aliphatic carbocycles. The van der Waals surface area contributed by atoms with Crippen molar-refractivity contribution in [3.63, 3.8) is 0 Å². The fourth-order valence-corrected chi connectivity index (χ4v) is 3.02. The Morgan fingerprint density at radius 2 is 1.81 bits per heavy atom. The fourth-order valence-electron chi connectivity index (χ4n) is 3.02. The van der Waals surface area contributed by atoms with Crippen molar-refractivity contribution in [2.45, 2.75) is 45.8 Å². The van der Waals surface area contributed by atoms with Gasteiger partial charge in [-0.05, 0) is 45.6 Å². The van der Waals surface area contributed by atoms with Crippen molar-refractivity contribution in [1.29, 1.82) is 0 Å². The highest BCUT2D eigenvalue weighted by atomic mass is 16.7. The van der Waals surface area contributed by atoms with Crippen LogP contribution in [0.2, 0.25) is 0 Å². The number of aromatic nitrogens is 1. The molecule has 0 radical (unpaired) electrons. The summed E-state index contributed by atoms with van der Waals surface area (Å²) in [6, 6.07) is 7.75. The van der Waals surface area contributed by atoms with Gasteiger partial charge in [0.2, 0.25) is 0 Å². The van der Waals surface area contributed by atoms with Crippen LogP contribution in [0.1, 0.15) is 43.6 Å². The van der Waals surface area contributed by atoms with E-state index in [9.17, 15) is 4.79 Å². The molecule has 3 rings (SSSR count). The summed E-state index contributed by atoms with van der Waals surface area (Å²) in [6.45, 7) is 10.2. The van der Waals surface area contributed by atoms with Crippen LogP contribution in [0.3, 0.4) is 0 Å². The van der Waals surface area contributed by atoms with Gasteiger partial charge in [-0.25, -0.2) is 0 Å². The molecule has 0 atom stereocenters. The van der Waals surface area contributed by atoms with Crippen LogP contribution in [0.5, 0.6) is 5.75 Å². The van der Waals surface area contributed by atoms with E-state index in [2.05, 4.69) is 4.98 Å². The molecule has 2 aromatic rings. The zero-order valence-corrected chi connectivity index (χ0v) is 16.1. The van der Waals surface area contributed by atoms with E-state index in [0.717, 1.165) is 28.6 Å². The summed E-state index contributed by atoms with van der Waals surface area (Å²) in [5.41, 5.74) is 3.33. The van der Waals surface area contributed by atoms with E-state index in [4.69, 9.17) is 14.0 Å². The summed E-state index contributed by atoms with van der Waals surface area (Å²) in [4.78, 5) is 15.5. The molecule has 1 aliphatic rings. The van der Waals surface area contributed by atoms with E-state index in [1.807, 2.05) is 52.8 Å². The summed E-state index contributed by atoms with van der Waals surface area (Å²) < 4.78 is 17.7. The number of aldehydes is 1. The maximum Gasteiger partial charge on any atom is 0.495 e. The first kappa shape index (κ1) is 18.6. The molecule has 1 aromatic carbocycles. The standard InChI is InChI=1S/C20H24BNO4/c1-13-15(17-10-18(24-6)14(12-23)11-22-17)8-7-9-16(13)21-25-19(2,3)20(4,5)26-21/h7-12H,1-6H3. The third-order valence-electron chi connectivity index (χ3n) is 5.40. The highest BCUT2D eigenvalue weighted by Gasteiger charge is 2.52. The highest BCUT2D eigenvalue weighted by Crippen LogP contribution is 2.37. The number of rotatable bonds is 4. The zero-order valence-electron chi connectivity index (χ0n) is 16.1. The van der Waals surface area contributed by atoms with Crippen LogP contribution in [0.15, 0.2) is 30.5 Å². The van der Waals surface area contributed by atoms with Gasteiger partial charge in [0.15, 0.2) is 6.29 Å². The molecule has 0 amide bonds. The van der Waals surface area contributed by atoms with E-state index < -0.39 is 18.3 Å². The number of pyridine rings is 1. The number of benzene rings is 1. The SMILES string of the molecule is COc1cc(-c2cccc(B3OC(C)(C)C(C)(C)O3)c2C)ncc1C=O. The van der Waals surface area contributed by atoms with Gasteiger partial charge in [0.1, 0.15) is 5.75 Å². The van der Waals surface area contributed by atoms with Crippen molar-refractivity contribution in [3.05, 3.63) is 41.6 Å². The molecule has 1 aliphatic heterocycles. The van der Waals surface area contributed by atoms with Crippen LogP contribution in [0.25, 0.3) is 11.3 Å². The Kier molecular flexibility index (Phi) is 4.67. The Hall–Kier alpha value is -2.18. The first-order valence-corrected chi connectivity index (χ1v) is 8.65. The molecule has 2 heterocycles. The molecule has 1 saturated heterocycles. The normalized spacial score (nSPS) is 18.0. The lowest BCUT2D eigenvalue weighted by Gasteiger charge is -2.32. The van der Waals surface area contributed by atoms with Crippen molar-refractivity contribution < 1.29 is 18.8 Å². The summed E-state index contributed by atoms with van der Waals surface area (Å²) in [7, 11) is 1.11.